The van der Waals surface area contributed by atoms with Gasteiger partial charge in [0.2, 0.25) is 23.6 Å². The van der Waals surface area contributed by atoms with Gasteiger partial charge in [-0.1, -0.05) is 12.2 Å². The smallest absolute Gasteiger partial charge is 0.233 e. The summed E-state index contributed by atoms with van der Waals surface area (Å²) in [7, 11) is 8.42. The number of hydrogen-bond donors (Lipinski definition) is 0. The number of amides is 4. The number of carbonyl (C=O) groups excluding carboxylic acids is 4. The molecule has 4 aliphatic carbocycles. The van der Waals surface area contributed by atoms with Crippen molar-refractivity contribution < 1.29 is 28.1 Å². The summed E-state index contributed by atoms with van der Waals surface area (Å²) in [5, 5.41) is 0. The maximum atomic E-state index is 13.5. The van der Waals surface area contributed by atoms with Crippen LogP contribution in [0.1, 0.15) is 13.8 Å². The highest BCUT2D eigenvalue weighted by molar-refractivity contribution is 6.09. The molecule has 8 heteroatoms. The number of rotatable bonds is 8. The van der Waals surface area contributed by atoms with E-state index >= 15 is 0 Å². The van der Waals surface area contributed by atoms with E-state index in [9.17, 15) is 19.2 Å². The SMILES string of the molecule is CC[N+](C)(C)CCN1C(=O)[C@H]2[C@H]3C=C[C@@H]([C@@H]2C1=O)[C@H]1[C@H]2C(=O)N(CC[N+](C)(C)CC)C(=O)[C@@H]2[C@H]31. The van der Waals surface area contributed by atoms with Crippen LogP contribution in [0.3, 0.4) is 0 Å². The van der Waals surface area contributed by atoms with Crippen LogP contribution in [0, 0.1) is 47.3 Å². The van der Waals surface area contributed by atoms with Crippen LogP contribution in [0.2, 0.25) is 0 Å². The average molecular weight is 473 g/mol. The Morgan fingerprint density at radius 1 is 0.618 bits per heavy atom. The van der Waals surface area contributed by atoms with E-state index in [0.29, 0.717) is 13.1 Å². The van der Waals surface area contributed by atoms with E-state index in [4.69, 9.17) is 0 Å². The number of allylic oxidation sites excluding steroid dienone is 2. The summed E-state index contributed by atoms with van der Waals surface area (Å²) in [6.07, 6.45) is 4.17. The second-order valence-electron chi connectivity index (χ2n) is 12.4. The molecule has 2 saturated heterocycles. The Morgan fingerprint density at radius 2 is 0.941 bits per heavy atom. The zero-order chi connectivity index (χ0) is 24.7. The second-order valence-corrected chi connectivity index (χ2v) is 12.4. The van der Waals surface area contributed by atoms with Crippen LogP contribution in [-0.4, -0.2) is 110 Å². The van der Waals surface area contributed by atoms with Gasteiger partial charge in [-0.2, -0.15) is 0 Å². The maximum absolute atomic E-state index is 13.5. The molecule has 8 atom stereocenters. The van der Waals surface area contributed by atoms with Crippen LogP contribution in [0.15, 0.2) is 12.2 Å². The summed E-state index contributed by atoms with van der Waals surface area (Å²) < 4.78 is 1.50. The van der Waals surface area contributed by atoms with Gasteiger partial charge in [-0.25, -0.2) is 0 Å². The van der Waals surface area contributed by atoms with Crippen molar-refractivity contribution in [3.05, 3.63) is 12.2 Å². The molecular weight excluding hydrogens is 432 g/mol. The van der Waals surface area contributed by atoms with Crippen molar-refractivity contribution in [3.63, 3.8) is 0 Å². The first-order chi connectivity index (χ1) is 15.9. The Morgan fingerprint density at radius 3 is 1.26 bits per heavy atom. The largest absolute Gasteiger partial charge is 0.327 e. The molecule has 6 aliphatic rings. The number of imide groups is 2. The number of likely N-dealkylation sites (tertiary alicyclic amines) is 2. The third-order valence-corrected chi connectivity index (χ3v) is 10.1. The van der Waals surface area contributed by atoms with E-state index in [2.05, 4.69) is 54.2 Å². The van der Waals surface area contributed by atoms with Gasteiger partial charge in [-0.3, -0.25) is 29.0 Å². The van der Waals surface area contributed by atoms with E-state index in [1.54, 1.807) is 0 Å². The van der Waals surface area contributed by atoms with Gasteiger partial charge in [0.25, 0.3) is 0 Å². The fourth-order valence-electron chi connectivity index (χ4n) is 7.22. The Kier molecular flexibility index (Phi) is 5.37. The third kappa shape index (κ3) is 3.17. The monoisotopic (exact) mass is 472 g/mol. The summed E-state index contributed by atoms with van der Waals surface area (Å²) in [6.45, 7) is 8.41. The molecule has 2 bridgehead atoms. The highest BCUT2D eigenvalue weighted by Crippen LogP contribution is 2.68. The molecule has 2 aliphatic heterocycles. The summed E-state index contributed by atoms with van der Waals surface area (Å²) in [5.74, 6) is -1.82. The first-order valence-electron chi connectivity index (χ1n) is 13.0. The van der Waals surface area contributed by atoms with Crippen molar-refractivity contribution in [2.45, 2.75) is 13.8 Å². The molecule has 2 saturated carbocycles. The fourth-order valence-corrected chi connectivity index (χ4v) is 7.22. The van der Waals surface area contributed by atoms with Crippen LogP contribution >= 0.6 is 0 Å². The summed E-state index contributed by atoms with van der Waals surface area (Å²) in [5.41, 5.74) is 0. The van der Waals surface area contributed by atoms with Crippen molar-refractivity contribution in [2.24, 2.45) is 47.3 Å². The first-order valence-corrected chi connectivity index (χ1v) is 13.0. The molecule has 0 N–H and O–H groups in total. The van der Waals surface area contributed by atoms with Gasteiger partial charge in [0.15, 0.2) is 0 Å². The lowest BCUT2D eigenvalue weighted by molar-refractivity contribution is -0.887. The van der Waals surface area contributed by atoms with Crippen molar-refractivity contribution in [1.29, 1.82) is 0 Å². The molecule has 2 heterocycles. The van der Waals surface area contributed by atoms with Crippen LogP contribution in [0.5, 0.6) is 0 Å². The Labute approximate surface area is 202 Å². The van der Waals surface area contributed by atoms with Gasteiger partial charge in [0.05, 0.1) is 91.1 Å². The molecular formula is C26H40N4O4+2. The van der Waals surface area contributed by atoms with Gasteiger partial charge in [0.1, 0.15) is 0 Å². The topological polar surface area (TPSA) is 74.8 Å². The third-order valence-electron chi connectivity index (χ3n) is 10.1. The van der Waals surface area contributed by atoms with Crippen molar-refractivity contribution in [2.75, 3.05) is 67.5 Å². The van der Waals surface area contributed by atoms with Gasteiger partial charge in [0, 0.05) is 0 Å². The normalized spacial score (nSPS) is 38.4. The first kappa shape index (κ1) is 23.7. The minimum absolute atomic E-state index is 0.0101. The van der Waals surface area contributed by atoms with E-state index in [1.807, 2.05) is 0 Å². The molecule has 0 spiro atoms. The summed E-state index contributed by atoms with van der Waals surface area (Å²) >= 11 is 0. The Hall–Kier alpha value is -2.06. The minimum Gasteiger partial charge on any atom is -0.327 e. The van der Waals surface area contributed by atoms with Gasteiger partial charge >= 0.3 is 0 Å². The lowest BCUT2D eigenvalue weighted by Gasteiger charge is -2.60. The number of carbonyl (C=O) groups is 4. The van der Waals surface area contributed by atoms with Crippen LogP contribution in [0.4, 0.5) is 0 Å². The predicted molar refractivity (Wildman–Crippen MR) is 126 cm³/mol. The molecule has 0 radical (unpaired) electrons. The zero-order valence-electron chi connectivity index (χ0n) is 21.4. The number of fused-ring (bicyclic) bond motifs is 1. The number of likely N-dealkylation sites (N-methyl/N-ethyl adjacent to an activating group) is 2. The van der Waals surface area contributed by atoms with Crippen molar-refractivity contribution >= 4 is 23.6 Å². The van der Waals surface area contributed by atoms with E-state index in [1.165, 1.54) is 9.80 Å². The maximum Gasteiger partial charge on any atom is 0.233 e. The lowest BCUT2D eigenvalue weighted by Crippen LogP contribution is -2.63. The molecule has 0 aromatic rings. The zero-order valence-corrected chi connectivity index (χ0v) is 21.4. The molecule has 4 fully saturated rings. The quantitative estimate of drug-likeness (QED) is 0.292. The second kappa shape index (κ2) is 7.72. The number of nitrogens with zero attached hydrogens (tertiary/aromatic N) is 4. The van der Waals surface area contributed by atoms with Crippen LogP contribution in [0.25, 0.3) is 0 Å². The highest BCUT2D eigenvalue weighted by Gasteiger charge is 2.74. The lowest BCUT2D eigenvalue weighted by atomic mass is 9.40. The predicted octanol–water partition coefficient (Wildman–Crippen LogP) is 0.443. The standard InChI is InChI=1S/C26H40N4O4/c1-7-29(3,4)13-11-27-23(31)19-15-9-10-16(20(19)24(27)32)18-17(15)21-22(18)26(34)28(25(21)33)12-14-30(5,6)8-2/h9-10,15-22H,7-8,11-14H2,1-6H3/q+2/t15-,16+,17-,18-,19+,20+,21-,22-/m1/s1. The van der Waals surface area contributed by atoms with Gasteiger partial charge in [-0.05, 0) is 37.5 Å². The van der Waals surface area contributed by atoms with Crippen molar-refractivity contribution in [1.82, 2.24) is 9.80 Å². The minimum atomic E-state index is -0.366. The Balaban J connectivity index is 1.36. The molecule has 34 heavy (non-hydrogen) atoms. The van der Waals surface area contributed by atoms with Crippen molar-refractivity contribution in [3.8, 4) is 0 Å². The molecule has 0 aromatic carbocycles. The molecule has 4 amide bonds. The van der Waals surface area contributed by atoms with E-state index < -0.39 is 0 Å². The fraction of sp³-hybridized carbons (Fsp3) is 0.769. The van der Waals surface area contributed by atoms with Crippen LogP contribution < -0.4 is 0 Å². The highest BCUT2D eigenvalue weighted by atomic mass is 16.2. The summed E-state index contributed by atoms with van der Waals surface area (Å²) in [4.78, 5) is 56.7. The molecule has 6 rings (SSSR count). The number of quaternary nitrogens is 2. The summed E-state index contributed by atoms with van der Waals surface area (Å²) in [6, 6.07) is 0. The van der Waals surface area contributed by atoms with E-state index in [-0.39, 0.29) is 71.0 Å². The van der Waals surface area contributed by atoms with Gasteiger partial charge < -0.3 is 8.97 Å². The van der Waals surface area contributed by atoms with E-state index in [0.717, 1.165) is 35.1 Å². The van der Waals surface area contributed by atoms with Crippen LogP contribution in [-0.2, 0) is 19.2 Å². The Bertz CT molecular complexity index is 916. The van der Waals surface area contributed by atoms with Gasteiger partial charge in [-0.15, -0.1) is 0 Å². The molecule has 8 nitrogen and oxygen atoms in total. The molecule has 0 aromatic heterocycles. The molecule has 186 valence electrons. The number of hydrogen-bond acceptors (Lipinski definition) is 4. The average Bonchev–Trinajstić information content (AvgIpc) is 3.15. The molecule has 0 unspecified atom stereocenters.